The molecule has 170 valence electrons. The molecule has 0 unspecified atom stereocenters. The number of hydrogen-bond acceptors (Lipinski definition) is 9. The van der Waals surface area contributed by atoms with Crippen molar-refractivity contribution in [2.24, 2.45) is 5.41 Å². The van der Waals surface area contributed by atoms with Gasteiger partial charge in [-0.15, -0.1) is 0 Å². The van der Waals surface area contributed by atoms with Gasteiger partial charge in [0.25, 0.3) is 0 Å². The van der Waals surface area contributed by atoms with Crippen LogP contribution in [-0.4, -0.2) is 98.5 Å². The maximum atomic E-state index is 11.1. The van der Waals surface area contributed by atoms with Gasteiger partial charge < -0.3 is 44.8 Å². The molecule has 6 N–H and O–H groups in total. The molecule has 1 aliphatic carbocycles. The fourth-order valence-electron chi connectivity index (χ4n) is 4.83. The van der Waals surface area contributed by atoms with Crippen molar-refractivity contribution in [1.29, 1.82) is 0 Å². The molecule has 9 nitrogen and oxygen atoms in total. The smallest absolute Gasteiger partial charge is 0.187 e. The lowest BCUT2D eigenvalue weighted by atomic mass is 9.57. The predicted octanol–water partition coefficient (Wildman–Crippen LogP) is -0.935. The van der Waals surface area contributed by atoms with Gasteiger partial charge in [0.05, 0.1) is 24.4 Å². The summed E-state index contributed by atoms with van der Waals surface area (Å²) in [7, 11) is 1.50. The lowest BCUT2D eigenvalue weighted by Crippen LogP contribution is -2.66. The SMILES string of the molecule is CO[C@@]1(/C=C/[C@@H](C)O[C@@H]2O[C@H](CO)[C@@H](O)[C@H](O)[C@H]2O)C(C)(C)C[C@@H](O)C[C@]1(C)O. The Hall–Kier alpha value is -0.620. The summed E-state index contributed by atoms with van der Waals surface area (Å²) >= 11 is 0. The lowest BCUT2D eigenvalue weighted by molar-refractivity contribution is -0.306. The third-order valence-corrected chi connectivity index (χ3v) is 6.31. The van der Waals surface area contributed by atoms with Crippen LogP contribution in [0, 0.1) is 5.41 Å². The molecule has 9 atom stereocenters. The highest BCUT2D eigenvalue weighted by molar-refractivity contribution is 5.22. The minimum absolute atomic E-state index is 0.149. The quantitative estimate of drug-likeness (QED) is 0.300. The number of rotatable bonds is 6. The zero-order chi connectivity index (χ0) is 22.2. The van der Waals surface area contributed by atoms with Crippen LogP contribution in [0.25, 0.3) is 0 Å². The van der Waals surface area contributed by atoms with E-state index >= 15 is 0 Å². The van der Waals surface area contributed by atoms with E-state index in [-0.39, 0.29) is 6.42 Å². The van der Waals surface area contributed by atoms with E-state index < -0.39 is 66.1 Å². The second kappa shape index (κ2) is 8.86. The molecule has 0 aromatic carbocycles. The Balaban J connectivity index is 2.18. The molecule has 1 aliphatic heterocycles. The molecule has 0 amide bonds. The Kier molecular flexibility index (Phi) is 7.53. The molecule has 2 aliphatic rings. The van der Waals surface area contributed by atoms with Gasteiger partial charge in [0.1, 0.15) is 30.0 Å². The molecule has 0 radical (unpaired) electrons. The molecule has 1 heterocycles. The third kappa shape index (κ3) is 4.53. The van der Waals surface area contributed by atoms with Crippen LogP contribution in [0.5, 0.6) is 0 Å². The van der Waals surface area contributed by atoms with Gasteiger partial charge in [-0.1, -0.05) is 26.0 Å². The molecule has 29 heavy (non-hydrogen) atoms. The van der Waals surface area contributed by atoms with Crippen molar-refractivity contribution < 1.29 is 44.8 Å². The first-order valence-corrected chi connectivity index (χ1v) is 9.93. The number of aliphatic hydroxyl groups excluding tert-OH is 5. The molecule has 1 saturated heterocycles. The van der Waals surface area contributed by atoms with Crippen molar-refractivity contribution in [1.82, 2.24) is 0 Å². The van der Waals surface area contributed by atoms with Crippen molar-refractivity contribution in [3.05, 3.63) is 12.2 Å². The summed E-state index contributed by atoms with van der Waals surface area (Å²) in [5.74, 6) is 0. The Labute approximate surface area is 171 Å². The zero-order valence-electron chi connectivity index (χ0n) is 17.7. The van der Waals surface area contributed by atoms with Gasteiger partial charge in [-0.2, -0.15) is 0 Å². The lowest BCUT2D eigenvalue weighted by Gasteiger charge is -2.57. The van der Waals surface area contributed by atoms with Crippen molar-refractivity contribution in [3.8, 4) is 0 Å². The molecular formula is C20H36O9. The summed E-state index contributed by atoms with van der Waals surface area (Å²) in [6.45, 7) is 6.57. The van der Waals surface area contributed by atoms with E-state index in [1.54, 1.807) is 26.0 Å². The van der Waals surface area contributed by atoms with Gasteiger partial charge in [-0.25, -0.2) is 0 Å². The van der Waals surface area contributed by atoms with Crippen LogP contribution in [0.15, 0.2) is 12.2 Å². The highest BCUT2D eigenvalue weighted by atomic mass is 16.7. The summed E-state index contributed by atoms with van der Waals surface area (Å²) < 4.78 is 16.8. The maximum Gasteiger partial charge on any atom is 0.187 e. The highest BCUT2D eigenvalue weighted by Gasteiger charge is 2.60. The van der Waals surface area contributed by atoms with Crippen molar-refractivity contribution >= 4 is 0 Å². The van der Waals surface area contributed by atoms with Crippen LogP contribution < -0.4 is 0 Å². The monoisotopic (exact) mass is 420 g/mol. The van der Waals surface area contributed by atoms with E-state index in [2.05, 4.69) is 0 Å². The normalized spacial score (nSPS) is 46.7. The van der Waals surface area contributed by atoms with E-state index in [1.165, 1.54) is 7.11 Å². The number of ether oxygens (including phenoxy) is 3. The topological polar surface area (TPSA) is 149 Å². The van der Waals surface area contributed by atoms with E-state index in [4.69, 9.17) is 14.2 Å². The largest absolute Gasteiger partial charge is 0.394 e. The van der Waals surface area contributed by atoms with Gasteiger partial charge >= 0.3 is 0 Å². The van der Waals surface area contributed by atoms with Gasteiger partial charge in [0.2, 0.25) is 0 Å². The van der Waals surface area contributed by atoms with Crippen LogP contribution in [0.2, 0.25) is 0 Å². The van der Waals surface area contributed by atoms with Gasteiger partial charge in [0.15, 0.2) is 6.29 Å². The average molecular weight is 420 g/mol. The summed E-state index contributed by atoms with van der Waals surface area (Å²) in [6, 6.07) is 0. The standard InChI is InChI=1S/C20H36O9/c1-11(28-17-16(25)15(24)14(23)13(10-21)29-17)6-7-20(27-5)18(2,3)8-12(22)9-19(20,4)26/h6-7,11-17,21-26H,8-10H2,1-5H3/b7-6+/t11-,12-,13-,14-,15+,16-,17-,19+,20+/m1/s1. The zero-order valence-corrected chi connectivity index (χ0v) is 17.7. The fourth-order valence-corrected chi connectivity index (χ4v) is 4.83. The number of aliphatic hydroxyl groups is 6. The molecule has 2 rings (SSSR count). The van der Waals surface area contributed by atoms with E-state index in [0.29, 0.717) is 6.42 Å². The van der Waals surface area contributed by atoms with Crippen molar-refractivity contribution in [2.45, 2.75) is 94.7 Å². The molecule has 2 fully saturated rings. The summed E-state index contributed by atoms with van der Waals surface area (Å²) in [6.07, 6.45) is -4.13. The van der Waals surface area contributed by atoms with Crippen molar-refractivity contribution in [2.75, 3.05) is 13.7 Å². The maximum absolute atomic E-state index is 11.1. The second-order valence-corrected chi connectivity index (χ2v) is 9.06. The van der Waals surface area contributed by atoms with Crippen LogP contribution in [0.3, 0.4) is 0 Å². The molecule has 9 heteroatoms. The van der Waals surface area contributed by atoms with Gasteiger partial charge in [0, 0.05) is 18.9 Å². The average Bonchev–Trinajstić information content (AvgIpc) is 2.60. The van der Waals surface area contributed by atoms with Gasteiger partial charge in [-0.05, 0) is 20.3 Å². The van der Waals surface area contributed by atoms with Crippen molar-refractivity contribution in [3.63, 3.8) is 0 Å². The van der Waals surface area contributed by atoms with Crippen LogP contribution >= 0.6 is 0 Å². The predicted molar refractivity (Wildman–Crippen MR) is 103 cm³/mol. The molecule has 0 aromatic heterocycles. The minimum atomic E-state index is -1.52. The number of hydrogen-bond donors (Lipinski definition) is 6. The fraction of sp³-hybridized carbons (Fsp3) is 0.900. The second-order valence-electron chi connectivity index (χ2n) is 9.06. The Morgan fingerprint density at radius 1 is 1.07 bits per heavy atom. The Morgan fingerprint density at radius 2 is 1.69 bits per heavy atom. The van der Waals surface area contributed by atoms with Crippen LogP contribution in [0.4, 0.5) is 0 Å². The van der Waals surface area contributed by atoms with Crippen LogP contribution in [-0.2, 0) is 14.2 Å². The minimum Gasteiger partial charge on any atom is -0.394 e. The molecule has 0 spiro atoms. The first-order valence-electron chi connectivity index (χ1n) is 9.93. The molecule has 1 saturated carbocycles. The molecule has 0 aromatic rings. The molecule has 0 bridgehead atoms. The summed E-state index contributed by atoms with van der Waals surface area (Å²) in [5.41, 5.74) is -3.04. The highest BCUT2D eigenvalue weighted by Crippen LogP contribution is 2.52. The van der Waals surface area contributed by atoms with E-state index in [1.807, 2.05) is 13.8 Å². The summed E-state index contributed by atoms with van der Waals surface area (Å²) in [4.78, 5) is 0. The molecular weight excluding hydrogens is 384 g/mol. The van der Waals surface area contributed by atoms with E-state index in [9.17, 15) is 30.6 Å². The summed E-state index contributed by atoms with van der Waals surface area (Å²) in [5, 5.41) is 60.4. The first-order chi connectivity index (χ1) is 13.3. The van der Waals surface area contributed by atoms with Crippen LogP contribution in [0.1, 0.15) is 40.5 Å². The van der Waals surface area contributed by atoms with Gasteiger partial charge in [-0.3, -0.25) is 0 Å². The third-order valence-electron chi connectivity index (χ3n) is 6.31. The van der Waals surface area contributed by atoms with E-state index in [0.717, 1.165) is 0 Å². The Bertz CT molecular complexity index is 556. The Morgan fingerprint density at radius 3 is 2.21 bits per heavy atom. The number of methoxy groups -OCH3 is 1. The first kappa shape index (κ1) is 24.6.